The average Bonchev–Trinajstić information content (AvgIpc) is 3.05. The van der Waals surface area contributed by atoms with Crippen molar-refractivity contribution in [1.29, 1.82) is 0 Å². The van der Waals surface area contributed by atoms with Crippen molar-refractivity contribution >= 4 is 16.9 Å². The summed E-state index contributed by atoms with van der Waals surface area (Å²) in [4.78, 5) is 22.5. The maximum absolute atomic E-state index is 12.6. The number of rotatable bonds is 8. The first kappa shape index (κ1) is 17.2. The molecule has 1 amide bonds. The molecule has 3 rings (SSSR count). The molecule has 0 aliphatic heterocycles. The Balaban J connectivity index is 1.54. The molecule has 3 aromatic rings. The zero-order valence-corrected chi connectivity index (χ0v) is 14.7. The van der Waals surface area contributed by atoms with Crippen LogP contribution in [0, 0.1) is 0 Å². The third kappa shape index (κ3) is 4.69. The Morgan fingerprint density at radius 2 is 1.84 bits per heavy atom. The number of aryl methyl sites for hydroxylation is 1. The summed E-state index contributed by atoms with van der Waals surface area (Å²) in [6.45, 7) is 3.61. The van der Waals surface area contributed by atoms with Gasteiger partial charge < -0.3 is 9.88 Å². The lowest BCUT2D eigenvalue weighted by atomic mass is 10.1. The van der Waals surface area contributed by atoms with Crippen molar-refractivity contribution in [3.63, 3.8) is 0 Å². The van der Waals surface area contributed by atoms with E-state index in [1.54, 1.807) is 0 Å². The minimum absolute atomic E-state index is 0.224. The fourth-order valence-corrected chi connectivity index (χ4v) is 3.05. The third-order valence-electron chi connectivity index (χ3n) is 4.31. The highest BCUT2D eigenvalue weighted by Gasteiger charge is 2.13. The Morgan fingerprint density at radius 3 is 2.60 bits per heavy atom. The van der Waals surface area contributed by atoms with Crippen molar-refractivity contribution in [2.75, 3.05) is 6.54 Å². The number of imidazole rings is 1. The summed E-state index contributed by atoms with van der Waals surface area (Å²) in [7, 11) is 0. The predicted octanol–water partition coefficient (Wildman–Crippen LogP) is 4.32. The Bertz CT molecular complexity index is 777. The van der Waals surface area contributed by atoms with Gasteiger partial charge in [0, 0.05) is 25.9 Å². The van der Waals surface area contributed by atoms with Crippen LogP contribution in [0.4, 0.5) is 0 Å². The van der Waals surface area contributed by atoms with Gasteiger partial charge in [-0.2, -0.15) is 0 Å². The number of carbonyl (C=O) groups is 1. The van der Waals surface area contributed by atoms with Gasteiger partial charge in [0.25, 0.3) is 0 Å². The number of H-pyrrole nitrogens is 1. The van der Waals surface area contributed by atoms with Crippen LogP contribution in [-0.2, 0) is 17.8 Å². The molecule has 1 N–H and O–H groups in total. The quantitative estimate of drug-likeness (QED) is 0.666. The normalized spacial score (nSPS) is 10.9. The molecule has 2 aromatic carbocycles. The van der Waals surface area contributed by atoms with E-state index in [4.69, 9.17) is 0 Å². The van der Waals surface area contributed by atoms with Gasteiger partial charge in [0.1, 0.15) is 5.82 Å². The number of nitrogens with zero attached hydrogens (tertiary/aromatic N) is 2. The lowest BCUT2D eigenvalue weighted by Gasteiger charge is -2.22. The molecule has 0 aliphatic rings. The third-order valence-corrected chi connectivity index (χ3v) is 4.31. The van der Waals surface area contributed by atoms with E-state index in [2.05, 4.69) is 29.0 Å². The van der Waals surface area contributed by atoms with Gasteiger partial charge in [-0.1, -0.05) is 49.4 Å². The highest BCUT2D eigenvalue weighted by Crippen LogP contribution is 2.13. The molecule has 0 spiro atoms. The molecule has 4 nitrogen and oxygen atoms in total. The molecule has 4 heteroatoms. The standard InChI is InChI=1S/C21H25N3O/c1-2-15-24(16-17-9-4-3-5-10-17)21(25)14-8-13-20-22-18-11-6-7-12-19(18)23-20/h3-7,9-12H,2,8,13-16H2,1H3,(H,22,23). The molecule has 1 heterocycles. The zero-order chi connectivity index (χ0) is 17.5. The summed E-state index contributed by atoms with van der Waals surface area (Å²) in [5.74, 6) is 1.18. The second-order valence-corrected chi connectivity index (χ2v) is 6.36. The number of hydrogen-bond donors (Lipinski definition) is 1. The Hall–Kier alpha value is -2.62. The van der Waals surface area contributed by atoms with Crippen LogP contribution in [0.1, 0.15) is 37.6 Å². The SMILES string of the molecule is CCCN(Cc1ccccc1)C(=O)CCCc1nc2ccccc2[nH]1. The molecule has 0 radical (unpaired) electrons. The van der Waals surface area contributed by atoms with Crippen molar-refractivity contribution in [3.8, 4) is 0 Å². The molecule has 0 aliphatic carbocycles. The lowest BCUT2D eigenvalue weighted by molar-refractivity contribution is -0.132. The van der Waals surface area contributed by atoms with Crippen LogP contribution in [0.2, 0.25) is 0 Å². The van der Waals surface area contributed by atoms with Gasteiger partial charge in [-0.15, -0.1) is 0 Å². The van der Waals surface area contributed by atoms with Gasteiger partial charge in [-0.3, -0.25) is 4.79 Å². The summed E-state index contributed by atoms with van der Waals surface area (Å²) >= 11 is 0. The van der Waals surface area contributed by atoms with E-state index in [9.17, 15) is 4.79 Å². The largest absolute Gasteiger partial charge is 0.342 e. The molecule has 0 saturated carbocycles. The predicted molar refractivity (Wildman–Crippen MR) is 101 cm³/mol. The number of aromatic nitrogens is 2. The Morgan fingerprint density at radius 1 is 1.08 bits per heavy atom. The first-order chi connectivity index (χ1) is 12.3. The molecule has 0 atom stereocenters. The van der Waals surface area contributed by atoms with E-state index < -0.39 is 0 Å². The number of benzene rings is 2. The van der Waals surface area contributed by atoms with Gasteiger partial charge in [0.2, 0.25) is 5.91 Å². The smallest absolute Gasteiger partial charge is 0.222 e. The van der Waals surface area contributed by atoms with Crippen molar-refractivity contribution in [2.24, 2.45) is 0 Å². The van der Waals surface area contributed by atoms with Crippen LogP contribution in [0.15, 0.2) is 54.6 Å². The van der Waals surface area contributed by atoms with Gasteiger partial charge in [0.15, 0.2) is 0 Å². The lowest BCUT2D eigenvalue weighted by Crippen LogP contribution is -2.31. The van der Waals surface area contributed by atoms with Gasteiger partial charge >= 0.3 is 0 Å². The number of hydrogen-bond acceptors (Lipinski definition) is 2. The molecule has 130 valence electrons. The van der Waals surface area contributed by atoms with E-state index in [0.29, 0.717) is 13.0 Å². The maximum atomic E-state index is 12.6. The summed E-state index contributed by atoms with van der Waals surface area (Å²) < 4.78 is 0. The molecule has 25 heavy (non-hydrogen) atoms. The van der Waals surface area contributed by atoms with Crippen LogP contribution in [0.25, 0.3) is 11.0 Å². The fraction of sp³-hybridized carbons (Fsp3) is 0.333. The molecule has 0 bridgehead atoms. The Labute approximate surface area is 148 Å². The highest BCUT2D eigenvalue weighted by atomic mass is 16.2. The number of carbonyl (C=O) groups excluding carboxylic acids is 1. The molecule has 0 saturated heterocycles. The number of aromatic amines is 1. The van der Waals surface area contributed by atoms with Gasteiger partial charge in [-0.25, -0.2) is 4.98 Å². The fourth-order valence-electron chi connectivity index (χ4n) is 3.05. The first-order valence-electron chi connectivity index (χ1n) is 9.01. The summed E-state index contributed by atoms with van der Waals surface area (Å²) in [5.41, 5.74) is 3.22. The van der Waals surface area contributed by atoms with E-state index in [1.165, 1.54) is 5.56 Å². The summed E-state index contributed by atoms with van der Waals surface area (Å²) in [5, 5.41) is 0. The monoisotopic (exact) mass is 335 g/mol. The molecule has 1 aromatic heterocycles. The average molecular weight is 335 g/mol. The second-order valence-electron chi connectivity index (χ2n) is 6.36. The summed E-state index contributed by atoms with van der Waals surface area (Å²) in [6.07, 6.45) is 3.14. The van der Waals surface area contributed by atoms with Crippen molar-refractivity contribution in [2.45, 2.75) is 39.2 Å². The topological polar surface area (TPSA) is 49.0 Å². The molecule has 0 unspecified atom stereocenters. The number of nitrogens with one attached hydrogen (secondary N) is 1. The van der Waals surface area contributed by atoms with Crippen LogP contribution in [0.3, 0.4) is 0 Å². The minimum atomic E-state index is 0.224. The number of para-hydroxylation sites is 2. The van der Waals surface area contributed by atoms with E-state index in [-0.39, 0.29) is 5.91 Å². The van der Waals surface area contributed by atoms with E-state index in [1.807, 2.05) is 47.4 Å². The summed E-state index contributed by atoms with van der Waals surface area (Å²) in [6, 6.07) is 18.2. The molecular weight excluding hydrogens is 310 g/mol. The number of fused-ring (bicyclic) bond motifs is 1. The Kier molecular flexibility index (Phi) is 5.83. The van der Waals surface area contributed by atoms with Crippen LogP contribution < -0.4 is 0 Å². The van der Waals surface area contributed by atoms with Crippen molar-refractivity contribution < 1.29 is 4.79 Å². The van der Waals surface area contributed by atoms with E-state index >= 15 is 0 Å². The molecular formula is C21H25N3O. The van der Waals surface area contributed by atoms with E-state index in [0.717, 1.165) is 42.7 Å². The highest BCUT2D eigenvalue weighted by molar-refractivity contribution is 5.76. The van der Waals surface area contributed by atoms with Gasteiger partial charge in [0.05, 0.1) is 11.0 Å². The molecule has 0 fully saturated rings. The first-order valence-corrected chi connectivity index (χ1v) is 9.01. The zero-order valence-electron chi connectivity index (χ0n) is 14.7. The minimum Gasteiger partial charge on any atom is -0.342 e. The van der Waals surface area contributed by atoms with Crippen LogP contribution in [0.5, 0.6) is 0 Å². The second kappa shape index (κ2) is 8.47. The van der Waals surface area contributed by atoms with Crippen LogP contribution >= 0.6 is 0 Å². The maximum Gasteiger partial charge on any atom is 0.222 e. The van der Waals surface area contributed by atoms with Crippen molar-refractivity contribution in [1.82, 2.24) is 14.9 Å². The number of amides is 1. The van der Waals surface area contributed by atoms with Crippen LogP contribution in [-0.4, -0.2) is 27.3 Å². The van der Waals surface area contributed by atoms with Crippen molar-refractivity contribution in [3.05, 3.63) is 66.0 Å². The van der Waals surface area contributed by atoms with Gasteiger partial charge in [-0.05, 0) is 30.5 Å².